The van der Waals surface area contributed by atoms with Gasteiger partial charge in [0, 0.05) is 12.1 Å². The zero-order chi connectivity index (χ0) is 20.8. The normalized spacial score (nSPS) is 10.1. The summed E-state index contributed by atoms with van der Waals surface area (Å²) in [5, 5.41) is 13.6. The number of amides is 1. The number of aryl methyl sites for hydroxylation is 2. The fourth-order valence-electron chi connectivity index (χ4n) is 2.38. The second-order valence-electron chi connectivity index (χ2n) is 5.94. The molecule has 0 aliphatic heterocycles. The number of esters is 1. The highest BCUT2D eigenvalue weighted by Gasteiger charge is 2.19. The summed E-state index contributed by atoms with van der Waals surface area (Å²) in [6, 6.07) is 7.34. The lowest BCUT2D eigenvalue weighted by molar-refractivity contribution is -0.384. The van der Waals surface area contributed by atoms with Crippen molar-refractivity contribution in [3.8, 4) is 11.5 Å². The van der Waals surface area contributed by atoms with Gasteiger partial charge in [0.05, 0.1) is 24.7 Å². The molecular formula is C19H20N2O7. The van der Waals surface area contributed by atoms with Crippen LogP contribution in [0.15, 0.2) is 30.3 Å². The standard InChI is InChI=1S/C19H20N2O7/c1-11-5-16(17(21(24)25)6-12(11)2)20-18(22)10-28-19(23)13-7-14(26-3)9-15(8-13)27-4/h5-9H,10H2,1-4H3,(H,20,22). The molecule has 2 aromatic carbocycles. The number of nitro groups is 1. The van der Waals surface area contributed by atoms with Crippen LogP contribution in [0.25, 0.3) is 0 Å². The minimum Gasteiger partial charge on any atom is -0.497 e. The van der Waals surface area contributed by atoms with Gasteiger partial charge in [-0.1, -0.05) is 0 Å². The molecule has 0 unspecified atom stereocenters. The number of ether oxygens (including phenoxy) is 3. The van der Waals surface area contributed by atoms with Gasteiger partial charge in [0.1, 0.15) is 17.2 Å². The topological polar surface area (TPSA) is 117 Å². The van der Waals surface area contributed by atoms with E-state index >= 15 is 0 Å². The van der Waals surface area contributed by atoms with E-state index in [-0.39, 0.29) is 16.9 Å². The third-order valence-corrected chi connectivity index (χ3v) is 4.00. The van der Waals surface area contributed by atoms with Crippen molar-refractivity contribution in [1.29, 1.82) is 0 Å². The third-order valence-electron chi connectivity index (χ3n) is 4.00. The number of hydrogen-bond acceptors (Lipinski definition) is 7. The van der Waals surface area contributed by atoms with Gasteiger partial charge < -0.3 is 19.5 Å². The number of carbonyl (C=O) groups excluding carboxylic acids is 2. The fourth-order valence-corrected chi connectivity index (χ4v) is 2.38. The molecule has 0 spiro atoms. The van der Waals surface area contributed by atoms with Gasteiger partial charge in [-0.05, 0) is 43.2 Å². The highest BCUT2D eigenvalue weighted by Crippen LogP contribution is 2.28. The molecule has 1 N–H and O–H groups in total. The molecule has 0 aliphatic rings. The van der Waals surface area contributed by atoms with Gasteiger partial charge in [0.15, 0.2) is 6.61 Å². The summed E-state index contributed by atoms with van der Waals surface area (Å²) in [6.45, 7) is 2.89. The summed E-state index contributed by atoms with van der Waals surface area (Å²) >= 11 is 0. The van der Waals surface area contributed by atoms with E-state index in [1.807, 2.05) is 0 Å². The Morgan fingerprint density at radius 2 is 1.57 bits per heavy atom. The summed E-state index contributed by atoms with van der Waals surface area (Å²) in [5.41, 5.74) is 1.45. The Hall–Kier alpha value is -3.62. The number of nitrogens with zero attached hydrogens (tertiary/aromatic N) is 1. The molecule has 0 saturated heterocycles. The lowest BCUT2D eigenvalue weighted by Gasteiger charge is -2.10. The first kappa shape index (κ1) is 20.7. The first-order chi connectivity index (χ1) is 13.2. The molecule has 0 atom stereocenters. The van der Waals surface area contributed by atoms with Gasteiger partial charge in [-0.25, -0.2) is 4.79 Å². The monoisotopic (exact) mass is 388 g/mol. The maximum absolute atomic E-state index is 12.2. The molecule has 1 amide bonds. The second kappa shape index (κ2) is 8.85. The Kier molecular flexibility index (Phi) is 6.54. The molecule has 0 radical (unpaired) electrons. The van der Waals surface area contributed by atoms with Crippen LogP contribution < -0.4 is 14.8 Å². The van der Waals surface area contributed by atoms with Crippen molar-refractivity contribution in [3.63, 3.8) is 0 Å². The number of nitrogens with one attached hydrogen (secondary N) is 1. The average molecular weight is 388 g/mol. The molecule has 0 bridgehead atoms. The molecule has 0 saturated carbocycles. The van der Waals surface area contributed by atoms with Crippen LogP contribution in [0.1, 0.15) is 21.5 Å². The van der Waals surface area contributed by atoms with Crippen molar-refractivity contribution >= 4 is 23.3 Å². The van der Waals surface area contributed by atoms with Crippen molar-refractivity contribution in [2.75, 3.05) is 26.1 Å². The molecule has 0 aliphatic carbocycles. The molecule has 2 aromatic rings. The number of hydrogen-bond donors (Lipinski definition) is 1. The van der Waals surface area contributed by atoms with Crippen LogP contribution in [-0.4, -0.2) is 37.6 Å². The number of methoxy groups -OCH3 is 2. The number of anilines is 1. The predicted octanol–water partition coefficient (Wildman–Crippen LogP) is 3.02. The molecular weight excluding hydrogens is 368 g/mol. The lowest BCUT2D eigenvalue weighted by Crippen LogP contribution is -2.21. The second-order valence-corrected chi connectivity index (χ2v) is 5.94. The molecule has 2 rings (SSSR count). The maximum atomic E-state index is 12.2. The van der Waals surface area contributed by atoms with Crippen LogP contribution in [0.2, 0.25) is 0 Å². The van der Waals surface area contributed by atoms with Crippen molar-refractivity contribution in [3.05, 3.63) is 57.1 Å². The number of nitro benzene ring substituents is 1. The van der Waals surface area contributed by atoms with Crippen molar-refractivity contribution in [1.82, 2.24) is 0 Å². The quantitative estimate of drug-likeness (QED) is 0.440. The van der Waals surface area contributed by atoms with Gasteiger partial charge in [-0.3, -0.25) is 14.9 Å². The molecule has 9 nitrogen and oxygen atoms in total. The van der Waals surface area contributed by atoms with Gasteiger partial charge in [-0.2, -0.15) is 0 Å². The van der Waals surface area contributed by atoms with Crippen LogP contribution in [0, 0.1) is 24.0 Å². The van der Waals surface area contributed by atoms with Crippen LogP contribution in [-0.2, 0) is 9.53 Å². The molecule has 0 heterocycles. The molecule has 9 heteroatoms. The van der Waals surface area contributed by atoms with E-state index in [9.17, 15) is 19.7 Å². The fraction of sp³-hybridized carbons (Fsp3) is 0.263. The van der Waals surface area contributed by atoms with Gasteiger partial charge >= 0.3 is 5.97 Å². The summed E-state index contributed by atoms with van der Waals surface area (Å²) < 4.78 is 15.1. The Labute approximate surface area is 161 Å². The van der Waals surface area contributed by atoms with Crippen molar-refractivity contribution in [2.24, 2.45) is 0 Å². The van der Waals surface area contributed by atoms with Crippen molar-refractivity contribution in [2.45, 2.75) is 13.8 Å². The smallest absolute Gasteiger partial charge is 0.338 e. The highest BCUT2D eigenvalue weighted by atomic mass is 16.6. The van der Waals surface area contributed by atoms with E-state index in [0.29, 0.717) is 11.5 Å². The Morgan fingerprint density at radius 3 is 2.11 bits per heavy atom. The van der Waals surface area contributed by atoms with E-state index in [1.165, 1.54) is 38.5 Å². The first-order valence-electron chi connectivity index (χ1n) is 8.20. The lowest BCUT2D eigenvalue weighted by atomic mass is 10.1. The maximum Gasteiger partial charge on any atom is 0.338 e. The Balaban J connectivity index is 2.08. The van der Waals surface area contributed by atoms with E-state index in [4.69, 9.17) is 14.2 Å². The zero-order valence-corrected chi connectivity index (χ0v) is 15.9. The van der Waals surface area contributed by atoms with Gasteiger partial charge in [-0.15, -0.1) is 0 Å². The summed E-state index contributed by atoms with van der Waals surface area (Å²) in [4.78, 5) is 34.9. The number of benzene rings is 2. The van der Waals surface area contributed by atoms with Crippen LogP contribution in [0.4, 0.5) is 11.4 Å². The van der Waals surface area contributed by atoms with Gasteiger partial charge in [0.2, 0.25) is 0 Å². The van der Waals surface area contributed by atoms with E-state index in [1.54, 1.807) is 19.9 Å². The van der Waals surface area contributed by atoms with Crippen LogP contribution >= 0.6 is 0 Å². The Bertz CT molecular complexity index is 902. The van der Waals surface area contributed by atoms with E-state index in [2.05, 4.69) is 5.32 Å². The molecule has 0 fully saturated rings. The summed E-state index contributed by atoms with van der Waals surface area (Å²) in [5.74, 6) is -0.681. The van der Waals surface area contributed by atoms with Crippen LogP contribution in [0.3, 0.4) is 0 Å². The van der Waals surface area contributed by atoms with E-state index < -0.39 is 23.4 Å². The largest absolute Gasteiger partial charge is 0.497 e. The van der Waals surface area contributed by atoms with Crippen molar-refractivity contribution < 1.29 is 28.7 Å². The summed E-state index contributed by atoms with van der Waals surface area (Å²) in [6.07, 6.45) is 0. The third kappa shape index (κ3) is 4.97. The van der Waals surface area contributed by atoms with Crippen LogP contribution in [0.5, 0.6) is 11.5 Å². The van der Waals surface area contributed by atoms with E-state index in [0.717, 1.165) is 11.1 Å². The minimum absolute atomic E-state index is 0.0391. The molecule has 148 valence electrons. The molecule has 28 heavy (non-hydrogen) atoms. The number of rotatable bonds is 7. The minimum atomic E-state index is -0.762. The predicted molar refractivity (Wildman–Crippen MR) is 101 cm³/mol. The molecule has 0 aromatic heterocycles. The SMILES string of the molecule is COc1cc(OC)cc(C(=O)OCC(=O)Nc2cc(C)c(C)cc2[N+](=O)[O-])c1. The Morgan fingerprint density at radius 1 is 1.00 bits per heavy atom. The number of carbonyl (C=O) groups is 2. The average Bonchev–Trinajstić information content (AvgIpc) is 2.67. The zero-order valence-electron chi connectivity index (χ0n) is 15.9. The first-order valence-corrected chi connectivity index (χ1v) is 8.20. The summed E-state index contributed by atoms with van der Waals surface area (Å²) in [7, 11) is 2.88. The highest BCUT2D eigenvalue weighted by molar-refractivity contribution is 5.97. The van der Waals surface area contributed by atoms with Gasteiger partial charge in [0.25, 0.3) is 11.6 Å².